The van der Waals surface area contributed by atoms with Crippen LogP contribution in [0.2, 0.25) is 0 Å². The fraction of sp³-hybridized carbons (Fsp3) is 0.357. The van der Waals surface area contributed by atoms with Gasteiger partial charge in [-0.1, -0.05) is 17.8 Å². The molecule has 1 aromatic heterocycles. The number of nitrogens with two attached hydrogens (primary N) is 1. The molecule has 0 bridgehead atoms. The van der Waals surface area contributed by atoms with E-state index < -0.39 is 17.4 Å². The molecule has 0 aliphatic rings. The Morgan fingerprint density at radius 1 is 1.38 bits per heavy atom. The normalized spacial score (nSPS) is 11.1. The van der Waals surface area contributed by atoms with Gasteiger partial charge in [-0.05, 0) is 48.7 Å². The monoisotopic (exact) mass is 349 g/mol. The smallest absolute Gasteiger partial charge is 0.319 e. The molecular formula is C14H19N7O2S. The van der Waals surface area contributed by atoms with Crippen molar-refractivity contribution in [3.8, 4) is 5.69 Å². The number of urea groups is 1. The summed E-state index contributed by atoms with van der Waals surface area (Å²) in [4.78, 5) is 23.2. The molecule has 128 valence electrons. The zero-order valence-electron chi connectivity index (χ0n) is 13.6. The van der Waals surface area contributed by atoms with Crippen molar-refractivity contribution in [1.29, 1.82) is 0 Å². The van der Waals surface area contributed by atoms with E-state index in [9.17, 15) is 9.59 Å². The minimum atomic E-state index is -0.821. The van der Waals surface area contributed by atoms with Crippen molar-refractivity contribution in [3.05, 3.63) is 24.3 Å². The molecule has 0 fully saturated rings. The average Bonchev–Trinajstić information content (AvgIpc) is 3.02. The summed E-state index contributed by atoms with van der Waals surface area (Å²) in [7, 11) is 0. The molecule has 0 saturated carbocycles. The van der Waals surface area contributed by atoms with Crippen LogP contribution in [0.1, 0.15) is 13.8 Å². The Hall–Kier alpha value is -2.62. The summed E-state index contributed by atoms with van der Waals surface area (Å²) in [6.45, 7) is 3.47. The number of thioether (sulfide) groups is 1. The van der Waals surface area contributed by atoms with Crippen LogP contribution in [0.3, 0.4) is 0 Å². The molecule has 0 atom stereocenters. The summed E-state index contributed by atoms with van der Waals surface area (Å²) in [6, 6.07) is 6.67. The summed E-state index contributed by atoms with van der Waals surface area (Å²) in [5, 5.41) is 17.4. The van der Waals surface area contributed by atoms with Gasteiger partial charge in [-0.2, -0.15) is 4.68 Å². The highest BCUT2D eigenvalue weighted by Crippen LogP contribution is 2.18. The van der Waals surface area contributed by atoms with E-state index in [0.717, 1.165) is 5.69 Å². The Kier molecular flexibility index (Phi) is 5.39. The molecule has 10 heteroatoms. The van der Waals surface area contributed by atoms with E-state index in [1.54, 1.807) is 36.7 Å². The Balaban J connectivity index is 2.05. The largest absolute Gasteiger partial charge is 0.369 e. The van der Waals surface area contributed by atoms with Gasteiger partial charge in [-0.3, -0.25) is 4.79 Å². The SMILES string of the molecule is CSc1nnnn1-c1cccc(NC(=O)NCC(C)(C)C(N)=O)c1. The second-order valence-electron chi connectivity index (χ2n) is 5.68. The average molecular weight is 349 g/mol. The van der Waals surface area contributed by atoms with E-state index in [-0.39, 0.29) is 6.54 Å². The molecule has 2 rings (SSSR count). The molecule has 1 aromatic carbocycles. The minimum absolute atomic E-state index is 0.136. The van der Waals surface area contributed by atoms with E-state index in [2.05, 4.69) is 26.2 Å². The molecule has 9 nitrogen and oxygen atoms in total. The van der Waals surface area contributed by atoms with Crippen molar-refractivity contribution in [2.75, 3.05) is 18.1 Å². The molecule has 0 radical (unpaired) electrons. The Bertz CT molecular complexity index is 744. The van der Waals surface area contributed by atoms with Crippen LogP contribution in [0.25, 0.3) is 5.69 Å². The predicted molar refractivity (Wildman–Crippen MR) is 90.9 cm³/mol. The minimum Gasteiger partial charge on any atom is -0.369 e. The van der Waals surface area contributed by atoms with Gasteiger partial charge in [-0.15, -0.1) is 5.10 Å². The molecule has 0 aliphatic heterocycles. The van der Waals surface area contributed by atoms with Crippen LogP contribution >= 0.6 is 11.8 Å². The highest BCUT2D eigenvalue weighted by Gasteiger charge is 2.25. The Morgan fingerprint density at radius 2 is 2.12 bits per heavy atom. The maximum atomic E-state index is 12.0. The number of nitrogens with zero attached hydrogens (tertiary/aromatic N) is 4. The lowest BCUT2D eigenvalue weighted by molar-refractivity contribution is -0.125. The molecule has 0 saturated heterocycles. The third kappa shape index (κ3) is 4.22. The van der Waals surface area contributed by atoms with Crippen molar-refractivity contribution in [3.63, 3.8) is 0 Å². The van der Waals surface area contributed by atoms with Crippen LogP contribution in [-0.4, -0.2) is 44.9 Å². The molecule has 0 aliphatic carbocycles. The molecule has 4 N–H and O–H groups in total. The Labute approximate surface area is 143 Å². The van der Waals surface area contributed by atoms with Crippen LogP contribution in [0.5, 0.6) is 0 Å². The molecule has 0 spiro atoms. The van der Waals surface area contributed by atoms with Crippen molar-refractivity contribution in [1.82, 2.24) is 25.5 Å². The number of nitrogens with one attached hydrogen (secondary N) is 2. The maximum absolute atomic E-state index is 12.0. The first kappa shape index (κ1) is 17.7. The van der Waals surface area contributed by atoms with E-state index in [1.807, 2.05) is 12.3 Å². The number of hydrogen-bond donors (Lipinski definition) is 3. The second kappa shape index (κ2) is 7.30. The standard InChI is InChI=1S/C14H19N7O2S/c1-14(2,11(15)22)8-16-12(23)17-9-5-4-6-10(7-9)21-13(24-3)18-19-20-21/h4-7H,8H2,1-3H3,(H2,15,22)(H2,16,17,23). The number of rotatable bonds is 6. The third-order valence-electron chi connectivity index (χ3n) is 3.33. The first-order valence-corrected chi connectivity index (χ1v) is 8.33. The fourth-order valence-corrected chi connectivity index (χ4v) is 2.18. The maximum Gasteiger partial charge on any atom is 0.319 e. The topological polar surface area (TPSA) is 128 Å². The third-order valence-corrected chi connectivity index (χ3v) is 3.95. The van der Waals surface area contributed by atoms with E-state index in [1.165, 1.54) is 11.8 Å². The summed E-state index contributed by atoms with van der Waals surface area (Å²) in [6.07, 6.45) is 1.87. The summed E-state index contributed by atoms with van der Waals surface area (Å²) in [5.74, 6) is -0.479. The highest BCUT2D eigenvalue weighted by molar-refractivity contribution is 7.98. The van der Waals surface area contributed by atoms with E-state index in [4.69, 9.17) is 5.73 Å². The fourth-order valence-electron chi connectivity index (χ4n) is 1.75. The Morgan fingerprint density at radius 3 is 2.79 bits per heavy atom. The van der Waals surface area contributed by atoms with E-state index >= 15 is 0 Å². The quantitative estimate of drug-likeness (QED) is 0.668. The number of carbonyl (C=O) groups excluding carboxylic acids is 2. The number of benzene rings is 1. The molecule has 3 amide bonds. The summed E-state index contributed by atoms with van der Waals surface area (Å²) >= 11 is 1.41. The van der Waals surface area contributed by atoms with Crippen LogP contribution in [0.15, 0.2) is 29.4 Å². The lowest BCUT2D eigenvalue weighted by Crippen LogP contribution is -2.43. The number of hydrogen-bond acceptors (Lipinski definition) is 6. The lowest BCUT2D eigenvalue weighted by Gasteiger charge is -2.20. The first-order chi connectivity index (χ1) is 11.3. The van der Waals surface area contributed by atoms with Crippen LogP contribution in [0, 0.1) is 5.41 Å². The van der Waals surface area contributed by atoms with Gasteiger partial charge < -0.3 is 16.4 Å². The number of carbonyl (C=O) groups is 2. The van der Waals surface area contributed by atoms with Gasteiger partial charge in [0.25, 0.3) is 0 Å². The van der Waals surface area contributed by atoms with Crippen LogP contribution < -0.4 is 16.4 Å². The van der Waals surface area contributed by atoms with Crippen molar-refractivity contribution >= 4 is 29.4 Å². The van der Waals surface area contributed by atoms with Gasteiger partial charge in [0.2, 0.25) is 11.1 Å². The van der Waals surface area contributed by atoms with Crippen LogP contribution in [0.4, 0.5) is 10.5 Å². The van der Waals surface area contributed by atoms with Crippen molar-refractivity contribution in [2.45, 2.75) is 19.0 Å². The van der Waals surface area contributed by atoms with Gasteiger partial charge in [0.05, 0.1) is 11.1 Å². The van der Waals surface area contributed by atoms with Gasteiger partial charge in [0.15, 0.2) is 0 Å². The second-order valence-corrected chi connectivity index (χ2v) is 6.46. The predicted octanol–water partition coefficient (Wildman–Crippen LogP) is 1.02. The lowest BCUT2D eigenvalue weighted by atomic mass is 9.93. The molecule has 0 unspecified atom stereocenters. The van der Waals surface area contributed by atoms with Crippen molar-refractivity contribution in [2.24, 2.45) is 11.1 Å². The molecule has 1 heterocycles. The number of primary amides is 1. The van der Waals surface area contributed by atoms with Gasteiger partial charge in [-0.25, -0.2) is 4.79 Å². The summed E-state index contributed by atoms with van der Waals surface area (Å²) in [5.41, 5.74) is 5.75. The number of tetrazole rings is 1. The highest BCUT2D eigenvalue weighted by atomic mass is 32.2. The van der Waals surface area contributed by atoms with Gasteiger partial charge >= 0.3 is 6.03 Å². The number of aromatic nitrogens is 4. The van der Waals surface area contributed by atoms with Crippen LogP contribution in [-0.2, 0) is 4.79 Å². The van der Waals surface area contributed by atoms with Crippen molar-refractivity contribution < 1.29 is 9.59 Å². The van der Waals surface area contributed by atoms with E-state index in [0.29, 0.717) is 10.8 Å². The first-order valence-electron chi connectivity index (χ1n) is 7.11. The van der Waals surface area contributed by atoms with Gasteiger partial charge in [0, 0.05) is 12.2 Å². The summed E-state index contributed by atoms with van der Waals surface area (Å²) < 4.78 is 1.57. The molecule has 24 heavy (non-hydrogen) atoms. The van der Waals surface area contributed by atoms with Gasteiger partial charge in [0.1, 0.15) is 0 Å². The number of anilines is 1. The number of amides is 3. The zero-order chi connectivity index (χ0) is 17.7. The molecular weight excluding hydrogens is 330 g/mol. The molecule has 2 aromatic rings. The zero-order valence-corrected chi connectivity index (χ0v) is 14.4.